The molecule has 1 aromatic rings. The molecule has 1 saturated heterocycles. The van der Waals surface area contributed by atoms with Crippen LogP contribution in [-0.4, -0.2) is 28.9 Å². The van der Waals surface area contributed by atoms with Gasteiger partial charge in [-0.05, 0) is 0 Å². The van der Waals surface area contributed by atoms with E-state index in [4.69, 9.17) is 11.2 Å². The second kappa shape index (κ2) is 4.35. The van der Waals surface area contributed by atoms with Crippen molar-refractivity contribution in [2.24, 2.45) is 0 Å². The molecule has 0 spiro atoms. The third-order valence-corrected chi connectivity index (χ3v) is 4.40. The Labute approximate surface area is 89.3 Å². The van der Waals surface area contributed by atoms with E-state index in [9.17, 15) is 0 Å². The van der Waals surface area contributed by atoms with Crippen LogP contribution in [0.15, 0.2) is 18.2 Å². The van der Waals surface area contributed by atoms with E-state index in [-0.39, 0.29) is 0 Å². The van der Waals surface area contributed by atoms with E-state index >= 15 is 0 Å². The zero-order valence-electron chi connectivity index (χ0n) is 8.32. The summed E-state index contributed by atoms with van der Waals surface area (Å²) in [4.78, 5) is 0. The zero-order valence-corrected chi connectivity index (χ0v) is 10.2. The first-order valence-corrected chi connectivity index (χ1v) is 6.87. The SMILES string of the molecule is Cc1cccc(C)c1O[As]1OCCO1. The summed E-state index contributed by atoms with van der Waals surface area (Å²) in [7, 11) is 0. The molecule has 0 aromatic heterocycles. The van der Waals surface area contributed by atoms with E-state index in [1.165, 1.54) is 0 Å². The van der Waals surface area contributed by atoms with E-state index in [1.807, 2.05) is 32.0 Å². The average Bonchev–Trinajstić information content (AvgIpc) is 2.64. The molecule has 0 bridgehead atoms. The van der Waals surface area contributed by atoms with E-state index in [0.29, 0.717) is 13.2 Å². The topological polar surface area (TPSA) is 27.7 Å². The Morgan fingerprint density at radius 1 is 1.14 bits per heavy atom. The van der Waals surface area contributed by atoms with Crippen LogP contribution in [0.3, 0.4) is 0 Å². The Bertz CT molecular complexity index is 301. The Morgan fingerprint density at radius 2 is 1.71 bits per heavy atom. The van der Waals surface area contributed by atoms with E-state index in [1.54, 1.807) is 0 Å². The second-order valence-corrected chi connectivity index (χ2v) is 5.61. The molecule has 76 valence electrons. The number of aryl methyl sites for hydroxylation is 2. The van der Waals surface area contributed by atoms with Crippen LogP contribution in [0.4, 0.5) is 0 Å². The molecule has 14 heavy (non-hydrogen) atoms. The van der Waals surface area contributed by atoms with Crippen LogP contribution in [0, 0.1) is 13.8 Å². The van der Waals surface area contributed by atoms with Crippen molar-refractivity contribution in [3.8, 4) is 5.75 Å². The summed E-state index contributed by atoms with van der Waals surface area (Å²) in [5.74, 6) is 0.925. The molecule has 4 heteroatoms. The average molecular weight is 256 g/mol. The van der Waals surface area contributed by atoms with Crippen LogP contribution in [0.25, 0.3) is 0 Å². The quantitative estimate of drug-likeness (QED) is 0.754. The molecule has 3 nitrogen and oxygen atoms in total. The summed E-state index contributed by atoms with van der Waals surface area (Å²) in [6.45, 7) is 5.41. The first-order valence-electron chi connectivity index (χ1n) is 4.57. The van der Waals surface area contributed by atoms with Crippen molar-refractivity contribution in [1.82, 2.24) is 0 Å². The van der Waals surface area contributed by atoms with Crippen LogP contribution in [0.1, 0.15) is 11.1 Å². The van der Waals surface area contributed by atoms with Gasteiger partial charge in [-0.3, -0.25) is 0 Å². The maximum absolute atomic E-state index is 5.74. The molecule has 0 N–H and O–H groups in total. The first-order chi connectivity index (χ1) is 6.77. The molecule has 1 heterocycles. The molecule has 1 aliphatic heterocycles. The fourth-order valence-electron chi connectivity index (χ4n) is 1.33. The van der Waals surface area contributed by atoms with Crippen molar-refractivity contribution in [2.75, 3.05) is 13.2 Å². The van der Waals surface area contributed by atoms with Gasteiger partial charge in [-0.1, -0.05) is 0 Å². The molecular formula is C10H13AsO3. The fraction of sp³-hybridized carbons (Fsp3) is 0.400. The number of benzene rings is 1. The van der Waals surface area contributed by atoms with Crippen LogP contribution >= 0.6 is 0 Å². The van der Waals surface area contributed by atoms with Gasteiger partial charge in [0, 0.05) is 0 Å². The summed E-state index contributed by atoms with van der Waals surface area (Å²) < 4.78 is 16.5. The number of rotatable bonds is 2. The van der Waals surface area contributed by atoms with Crippen LogP contribution in [0.5, 0.6) is 5.75 Å². The van der Waals surface area contributed by atoms with E-state index < -0.39 is 15.7 Å². The normalized spacial score (nSPS) is 17.3. The molecule has 0 saturated carbocycles. The second-order valence-electron chi connectivity index (χ2n) is 3.20. The number of hydrogen-bond acceptors (Lipinski definition) is 3. The summed E-state index contributed by atoms with van der Waals surface area (Å²) >= 11 is -1.93. The van der Waals surface area contributed by atoms with Crippen LogP contribution in [-0.2, 0) is 7.45 Å². The summed E-state index contributed by atoms with van der Waals surface area (Å²) in [6.07, 6.45) is 0. The molecule has 0 atom stereocenters. The number of para-hydroxylation sites is 1. The van der Waals surface area contributed by atoms with Crippen molar-refractivity contribution in [3.63, 3.8) is 0 Å². The van der Waals surface area contributed by atoms with Crippen molar-refractivity contribution in [2.45, 2.75) is 13.8 Å². The molecule has 0 aliphatic carbocycles. The van der Waals surface area contributed by atoms with Gasteiger partial charge >= 0.3 is 89.0 Å². The Kier molecular flexibility index (Phi) is 3.11. The van der Waals surface area contributed by atoms with E-state index in [0.717, 1.165) is 16.9 Å². The predicted octanol–water partition coefficient (Wildman–Crippen LogP) is 1.71. The van der Waals surface area contributed by atoms with Crippen LogP contribution < -0.4 is 3.73 Å². The van der Waals surface area contributed by atoms with Gasteiger partial charge in [-0.25, -0.2) is 0 Å². The van der Waals surface area contributed by atoms with Gasteiger partial charge in [0.1, 0.15) is 0 Å². The molecule has 0 amide bonds. The Balaban J connectivity index is 2.14. The molecule has 1 aromatic carbocycles. The summed E-state index contributed by atoms with van der Waals surface area (Å²) in [5, 5.41) is 0. The molecule has 1 fully saturated rings. The van der Waals surface area contributed by atoms with Gasteiger partial charge in [0.2, 0.25) is 0 Å². The molecule has 0 radical (unpaired) electrons. The zero-order chi connectivity index (χ0) is 9.97. The fourth-order valence-corrected chi connectivity index (χ4v) is 3.56. The van der Waals surface area contributed by atoms with Gasteiger partial charge in [0.05, 0.1) is 0 Å². The van der Waals surface area contributed by atoms with Crippen molar-refractivity contribution < 1.29 is 11.2 Å². The Morgan fingerprint density at radius 3 is 2.29 bits per heavy atom. The van der Waals surface area contributed by atoms with Gasteiger partial charge in [-0.2, -0.15) is 0 Å². The van der Waals surface area contributed by atoms with Gasteiger partial charge < -0.3 is 0 Å². The molecule has 1 aliphatic rings. The monoisotopic (exact) mass is 256 g/mol. The van der Waals surface area contributed by atoms with Crippen molar-refractivity contribution in [1.29, 1.82) is 0 Å². The van der Waals surface area contributed by atoms with Crippen molar-refractivity contribution in [3.05, 3.63) is 29.3 Å². The minimum absolute atomic E-state index is 0.672. The molecule has 0 unspecified atom stereocenters. The minimum atomic E-state index is -1.93. The number of hydrogen-bond donors (Lipinski definition) is 0. The first kappa shape index (κ1) is 10.0. The third kappa shape index (κ3) is 2.11. The molecular weight excluding hydrogens is 243 g/mol. The van der Waals surface area contributed by atoms with Gasteiger partial charge in [0.25, 0.3) is 0 Å². The predicted molar refractivity (Wildman–Crippen MR) is 54.2 cm³/mol. The Hall–Kier alpha value is -0.502. The molecule has 2 rings (SSSR count). The standard InChI is InChI=1S/C10H13AsO3/c1-8-4-3-5-9(2)10(8)14-11-12-6-7-13-11/h3-5H,6-7H2,1-2H3. The maximum atomic E-state index is 5.74. The van der Waals surface area contributed by atoms with Crippen LogP contribution in [0.2, 0.25) is 0 Å². The van der Waals surface area contributed by atoms with E-state index in [2.05, 4.69) is 0 Å². The summed E-state index contributed by atoms with van der Waals surface area (Å²) in [5.41, 5.74) is 2.27. The van der Waals surface area contributed by atoms with Crippen molar-refractivity contribution >= 4 is 15.7 Å². The summed E-state index contributed by atoms with van der Waals surface area (Å²) in [6, 6.07) is 6.09. The third-order valence-electron chi connectivity index (χ3n) is 2.05. The van der Waals surface area contributed by atoms with Gasteiger partial charge in [0.15, 0.2) is 0 Å². The van der Waals surface area contributed by atoms with Gasteiger partial charge in [-0.15, -0.1) is 0 Å².